The molecular weight excluding hydrogens is 274 g/mol. The van der Waals surface area contributed by atoms with Gasteiger partial charge in [-0.1, -0.05) is 29.8 Å². The number of hydrogen-bond donors (Lipinski definition) is 1. The normalized spacial score (nSPS) is 18.7. The summed E-state index contributed by atoms with van der Waals surface area (Å²) in [6.07, 6.45) is 1.51. The lowest BCUT2D eigenvalue weighted by Crippen LogP contribution is -2.40. The van der Waals surface area contributed by atoms with E-state index >= 15 is 0 Å². The van der Waals surface area contributed by atoms with E-state index in [1.165, 1.54) is 5.56 Å². The van der Waals surface area contributed by atoms with Crippen LogP contribution in [0.4, 0.5) is 0 Å². The zero-order valence-electron chi connectivity index (χ0n) is 11.6. The fourth-order valence-electron chi connectivity index (χ4n) is 2.70. The van der Waals surface area contributed by atoms with Crippen molar-refractivity contribution in [3.63, 3.8) is 0 Å². The second-order valence-corrected chi connectivity index (χ2v) is 5.68. The van der Waals surface area contributed by atoms with E-state index in [9.17, 15) is 0 Å². The number of halogens is 1. The van der Waals surface area contributed by atoms with E-state index in [0.717, 1.165) is 23.6 Å². The van der Waals surface area contributed by atoms with Gasteiger partial charge in [-0.05, 0) is 18.6 Å². The lowest BCUT2D eigenvalue weighted by molar-refractivity contribution is 0.197. The van der Waals surface area contributed by atoms with Crippen molar-refractivity contribution >= 4 is 11.6 Å². The van der Waals surface area contributed by atoms with Crippen molar-refractivity contribution in [2.45, 2.75) is 31.9 Å². The van der Waals surface area contributed by atoms with Crippen LogP contribution in [0, 0.1) is 6.92 Å². The Balaban J connectivity index is 1.74. The Labute approximate surface area is 123 Å². The van der Waals surface area contributed by atoms with Gasteiger partial charge >= 0.3 is 0 Å². The van der Waals surface area contributed by atoms with E-state index in [1.807, 2.05) is 32.2 Å². The van der Waals surface area contributed by atoms with Crippen LogP contribution in [0.1, 0.15) is 17.0 Å². The first-order valence-corrected chi connectivity index (χ1v) is 7.12. The SMILES string of the molecule is Cc1nn(C)c(CC(N)C2Cc3ccccc3O2)c1Cl. The maximum atomic E-state index is 6.31. The first-order chi connectivity index (χ1) is 9.56. The molecule has 2 unspecified atom stereocenters. The Hall–Kier alpha value is -1.52. The van der Waals surface area contributed by atoms with Crippen LogP contribution >= 0.6 is 11.6 Å². The van der Waals surface area contributed by atoms with Gasteiger partial charge in [0.15, 0.2) is 0 Å². The van der Waals surface area contributed by atoms with Gasteiger partial charge in [0.1, 0.15) is 11.9 Å². The maximum absolute atomic E-state index is 6.31. The summed E-state index contributed by atoms with van der Waals surface area (Å²) in [7, 11) is 1.89. The topological polar surface area (TPSA) is 53.1 Å². The number of nitrogens with zero attached hydrogens (tertiary/aromatic N) is 2. The molecule has 1 aliphatic rings. The molecule has 0 aliphatic carbocycles. The highest BCUT2D eigenvalue weighted by atomic mass is 35.5. The molecule has 0 bridgehead atoms. The molecule has 2 N–H and O–H groups in total. The molecular formula is C15H18ClN3O. The zero-order chi connectivity index (χ0) is 14.3. The van der Waals surface area contributed by atoms with Crippen LogP contribution < -0.4 is 10.5 Å². The lowest BCUT2D eigenvalue weighted by atomic mass is 10.0. The predicted molar refractivity (Wildman–Crippen MR) is 79.2 cm³/mol. The van der Waals surface area contributed by atoms with Crippen LogP contribution in [0.25, 0.3) is 0 Å². The molecule has 1 aliphatic heterocycles. The van der Waals surface area contributed by atoms with Gasteiger partial charge in [0, 0.05) is 25.9 Å². The molecule has 2 aromatic rings. The summed E-state index contributed by atoms with van der Waals surface area (Å²) >= 11 is 6.27. The van der Waals surface area contributed by atoms with Crippen LogP contribution in [0.5, 0.6) is 5.75 Å². The average Bonchev–Trinajstić information content (AvgIpc) is 2.95. The number of benzene rings is 1. The minimum Gasteiger partial charge on any atom is -0.488 e. The van der Waals surface area contributed by atoms with E-state index in [1.54, 1.807) is 4.68 Å². The van der Waals surface area contributed by atoms with Gasteiger partial charge in [0.2, 0.25) is 0 Å². The molecule has 0 saturated heterocycles. The Kier molecular flexibility index (Phi) is 3.44. The van der Waals surface area contributed by atoms with E-state index in [4.69, 9.17) is 22.1 Å². The standard InChI is InChI=1S/C15H18ClN3O/c1-9-15(16)12(19(2)18-9)8-11(17)14-7-10-5-3-4-6-13(10)20-14/h3-6,11,14H,7-8,17H2,1-2H3. The zero-order valence-corrected chi connectivity index (χ0v) is 12.4. The van der Waals surface area contributed by atoms with Gasteiger partial charge in [-0.15, -0.1) is 0 Å². The van der Waals surface area contributed by atoms with Gasteiger partial charge in [0.05, 0.1) is 16.4 Å². The molecule has 2 heterocycles. The van der Waals surface area contributed by atoms with Crippen molar-refractivity contribution < 1.29 is 4.74 Å². The molecule has 0 spiro atoms. The maximum Gasteiger partial charge on any atom is 0.123 e. The summed E-state index contributed by atoms with van der Waals surface area (Å²) in [5.74, 6) is 0.945. The van der Waals surface area contributed by atoms with Crippen molar-refractivity contribution in [1.82, 2.24) is 9.78 Å². The van der Waals surface area contributed by atoms with E-state index in [0.29, 0.717) is 11.4 Å². The molecule has 20 heavy (non-hydrogen) atoms. The fraction of sp³-hybridized carbons (Fsp3) is 0.400. The molecule has 0 radical (unpaired) electrons. The van der Waals surface area contributed by atoms with E-state index in [2.05, 4.69) is 11.2 Å². The second kappa shape index (κ2) is 5.11. The number of nitrogens with two attached hydrogens (primary N) is 1. The first kappa shape index (κ1) is 13.5. The van der Waals surface area contributed by atoms with Crippen LogP contribution in [0.3, 0.4) is 0 Å². The third-order valence-electron chi connectivity index (χ3n) is 3.84. The summed E-state index contributed by atoms with van der Waals surface area (Å²) in [6.45, 7) is 1.90. The minimum atomic E-state index is -0.102. The highest BCUT2D eigenvalue weighted by Gasteiger charge is 2.29. The summed E-state index contributed by atoms with van der Waals surface area (Å²) in [4.78, 5) is 0. The lowest BCUT2D eigenvalue weighted by Gasteiger charge is -2.19. The quantitative estimate of drug-likeness (QED) is 0.944. The van der Waals surface area contributed by atoms with Crippen LogP contribution in [0.15, 0.2) is 24.3 Å². The van der Waals surface area contributed by atoms with Crippen LogP contribution in [-0.4, -0.2) is 21.9 Å². The van der Waals surface area contributed by atoms with Gasteiger partial charge in [0.25, 0.3) is 0 Å². The molecule has 5 heteroatoms. The summed E-state index contributed by atoms with van der Waals surface area (Å²) < 4.78 is 7.73. The molecule has 0 fully saturated rings. The van der Waals surface area contributed by atoms with Crippen molar-refractivity contribution in [2.24, 2.45) is 12.8 Å². The molecule has 1 aromatic heterocycles. The van der Waals surface area contributed by atoms with E-state index < -0.39 is 0 Å². The smallest absolute Gasteiger partial charge is 0.123 e. The van der Waals surface area contributed by atoms with Crippen molar-refractivity contribution in [3.8, 4) is 5.75 Å². The van der Waals surface area contributed by atoms with Crippen molar-refractivity contribution in [2.75, 3.05) is 0 Å². The van der Waals surface area contributed by atoms with Gasteiger partial charge < -0.3 is 10.5 Å². The fourth-order valence-corrected chi connectivity index (χ4v) is 2.94. The average molecular weight is 292 g/mol. The van der Waals surface area contributed by atoms with Crippen molar-refractivity contribution in [1.29, 1.82) is 0 Å². The number of ether oxygens (including phenoxy) is 1. The highest BCUT2D eigenvalue weighted by Crippen LogP contribution is 2.30. The highest BCUT2D eigenvalue weighted by molar-refractivity contribution is 6.31. The number of hydrogen-bond acceptors (Lipinski definition) is 3. The third kappa shape index (κ3) is 2.30. The molecule has 0 amide bonds. The number of rotatable bonds is 3. The number of aromatic nitrogens is 2. The molecule has 106 valence electrons. The Morgan fingerprint density at radius 2 is 2.25 bits per heavy atom. The number of fused-ring (bicyclic) bond motifs is 1. The number of para-hydroxylation sites is 1. The monoisotopic (exact) mass is 291 g/mol. The number of aryl methyl sites for hydroxylation is 2. The largest absolute Gasteiger partial charge is 0.488 e. The minimum absolute atomic E-state index is 0.00123. The Morgan fingerprint density at radius 3 is 2.90 bits per heavy atom. The summed E-state index contributed by atoms with van der Waals surface area (Å²) in [6, 6.07) is 7.98. The van der Waals surface area contributed by atoms with Gasteiger partial charge in [-0.3, -0.25) is 4.68 Å². The second-order valence-electron chi connectivity index (χ2n) is 5.31. The van der Waals surface area contributed by atoms with Gasteiger partial charge in [-0.25, -0.2) is 0 Å². The molecule has 1 aromatic carbocycles. The van der Waals surface area contributed by atoms with Crippen LogP contribution in [-0.2, 0) is 19.9 Å². The third-order valence-corrected chi connectivity index (χ3v) is 4.33. The molecule has 2 atom stereocenters. The van der Waals surface area contributed by atoms with E-state index in [-0.39, 0.29) is 12.1 Å². The van der Waals surface area contributed by atoms with Crippen LogP contribution in [0.2, 0.25) is 5.02 Å². The molecule has 0 saturated carbocycles. The van der Waals surface area contributed by atoms with Gasteiger partial charge in [-0.2, -0.15) is 5.10 Å². The van der Waals surface area contributed by atoms with Crippen molar-refractivity contribution in [3.05, 3.63) is 46.2 Å². The predicted octanol–water partition coefficient (Wildman–Crippen LogP) is 2.26. The molecule has 3 rings (SSSR count). The Bertz CT molecular complexity index is 613. The molecule has 4 nitrogen and oxygen atoms in total. The summed E-state index contributed by atoms with van der Waals surface area (Å²) in [5, 5.41) is 5.03. The first-order valence-electron chi connectivity index (χ1n) is 6.74. The Morgan fingerprint density at radius 1 is 1.50 bits per heavy atom. The summed E-state index contributed by atoms with van der Waals surface area (Å²) in [5.41, 5.74) is 9.34.